The molecular formula is C18H21N5O2. The molecule has 1 aliphatic heterocycles. The van der Waals surface area contributed by atoms with Crippen molar-refractivity contribution < 1.29 is 9.59 Å². The van der Waals surface area contributed by atoms with Crippen molar-refractivity contribution in [2.75, 3.05) is 36.4 Å². The molecule has 130 valence electrons. The van der Waals surface area contributed by atoms with Crippen LogP contribution in [-0.4, -0.2) is 53.2 Å². The Kier molecular flexibility index (Phi) is 4.92. The molecule has 0 unspecified atom stereocenters. The van der Waals surface area contributed by atoms with Crippen LogP contribution in [0.5, 0.6) is 0 Å². The topological polar surface area (TPSA) is 78.4 Å². The zero-order valence-electron chi connectivity index (χ0n) is 14.4. The lowest BCUT2D eigenvalue weighted by Gasteiger charge is -2.33. The van der Waals surface area contributed by atoms with Crippen molar-refractivity contribution in [2.45, 2.75) is 13.8 Å². The second-order valence-corrected chi connectivity index (χ2v) is 6.05. The molecule has 7 heteroatoms. The van der Waals surface area contributed by atoms with E-state index in [1.54, 1.807) is 24.0 Å². The van der Waals surface area contributed by atoms with E-state index < -0.39 is 0 Å². The van der Waals surface area contributed by atoms with Crippen LogP contribution in [0.15, 0.2) is 30.3 Å². The predicted octanol–water partition coefficient (Wildman–Crippen LogP) is 2.01. The molecule has 3 rings (SSSR count). The van der Waals surface area contributed by atoms with E-state index in [0.717, 1.165) is 31.0 Å². The maximum absolute atomic E-state index is 11.4. The van der Waals surface area contributed by atoms with Gasteiger partial charge in [-0.3, -0.25) is 9.59 Å². The predicted molar refractivity (Wildman–Crippen MR) is 96.3 cm³/mol. The maximum atomic E-state index is 11.4. The Morgan fingerprint density at radius 3 is 2.40 bits per heavy atom. The molecule has 0 aliphatic carbocycles. The van der Waals surface area contributed by atoms with E-state index in [2.05, 4.69) is 20.2 Å². The Morgan fingerprint density at radius 1 is 1.12 bits per heavy atom. The lowest BCUT2D eigenvalue weighted by Crippen LogP contribution is -2.46. The van der Waals surface area contributed by atoms with Gasteiger partial charge in [-0.1, -0.05) is 0 Å². The van der Waals surface area contributed by atoms with Gasteiger partial charge in [0.2, 0.25) is 6.41 Å². The minimum atomic E-state index is 0.0428. The molecule has 1 N–H and O–H groups in total. The van der Waals surface area contributed by atoms with Gasteiger partial charge in [0.05, 0.1) is 0 Å². The van der Waals surface area contributed by atoms with Crippen molar-refractivity contribution in [3.63, 3.8) is 0 Å². The number of hydrogen-bond donors (Lipinski definition) is 1. The first-order valence-electron chi connectivity index (χ1n) is 8.23. The van der Waals surface area contributed by atoms with Gasteiger partial charge in [0.25, 0.3) is 0 Å². The first-order chi connectivity index (χ1) is 12.0. The summed E-state index contributed by atoms with van der Waals surface area (Å²) < 4.78 is 0. The number of ketones is 1. The molecule has 25 heavy (non-hydrogen) atoms. The molecule has 1 aliphatic rings. The van der Waals surface area contributed by atoms with Crippen molar-refractivity contribution in [3.8, 4) is 0 Å². The highest BCUT2D eigenvalue weighted by molar-refractivity contribution is 5.94. The number of nitrogens with one attached hydrogen (secondary N) is 1. The number of aromatic nitrogens is 2. The lowest BCUT2D eigenvalue weighted by molar-refractivity contribution is -0.118. The van der Waals surface area contributed by atoms with Crippen LogP contribution in [0.4, 0.5) is 17.3 Å². The molecule has 0 spiro atoms. The number of carbonyl (C=O) groups excluding carboxylic acids is 2. The fourth-order valence-corrected chi connectivity index (χ4v) is 2.77. The molecule has 1 aromatic carbocycles. The van der Waals surface area contributed by atoms with Gasteiger partial charge in [-0.05, 0) is 38.1 Å². The molecule has 1 aromatic heterocycles. The lowest BCUT2D eigenvalue weighted by atomic mass is 10.1. The summed E-state index contributed by atoms with van der Waals surface area (Å²) >= 11 is 0. The van der Waals surface area contributed by atoms with Crippen LogP contribution in [-0.2, 0) is 4.79 Å². The summed E-state index contributed by atoms with van der Waals surface area (Å²) in [4.78, 5) is 35.0. The molecule has 0 radical (unpaired) electrons. The summed E-state index contributed by atoms with van der Waals surface area (Å²) in [6.45, 7) is 6.30. The summed E-state index contributed by atoms with van der Waals surface area (Å²) in [5.41, 5.74) is 1.54. The molecule has 0 atom stereocenters. The van der Waals surface area contributed by atoms with Crippen LogP contribution < -0.4 is 10.2 Å². The molecular weight excluding hydrogens is 318 g/mol. The van der Waals surface area contributed by atoms with E-state index in [9.17, 15) is 9.59 Å². The summed E-state index contributed by atoms with van der Waals surface area (Å²) in [6.07, 6.45) is 0.889. The average Bonchev–Trinajstić information content (AvgIpc) is 2.62. The van der Waals surface area contributed by atoms with Crippen molar-refractivity contribution in [3.05, 3.63) is 41.7 Å². The SMILES string of the molecule is CC(=O)c1ccc(Nc2cc(N3CCN(C=O)CC3)nc(C)n2)cc1. The standard InChI is InChI=1S/C18H21N5O2/c1-13(25)15-3-5-16(6-4-15)21-17-11-18(20-14(2)19-17)23-9-7-22(12-24)8-10-23/h3-6,11-12H,7-10H2,1-2H3,(H,19,20,21). The quantitative estimate of drug-likeness (QED) is 0.663. The zero-order chi connectivity index (χ0) is 17.8. The molecule has 1 amide bonds. The van der Waals surface area contributed by atoms with E-state index in [0.29, 0.717) is 30.3 Å². The molecule has 7 nitrogen and oxygen atoms in total. The number of amides is 1. The number of hydrogen-bond acceptors (Lipinski definition) is 6. The van der Waals surface area contributed by atoms with Crippen LogP contribution in [0.25, 0.3) is 0 Å². The summed E-state index contributed by atoms with van der Waals surface area (Å²) in [5.74, 6) is 2.27. The van der Waals surface area contributed by atoms with E-state index in [1.165, 1.54) is 0 Å². The van der Waals surface area contributed by atoms with Gasteiger partial charge < -0.3 is 15.1 Å². The second-order valence-electron chi connectivity index (χ2n) is 6.05. The van der Waals surface area contributed by atoms with Crippen molar-refractivity contribution >= 4 is 29.5 Å². The zero-order valence-corrected chi connectivity index (χ0v) is 14.4. The van der Waals surface area contributed by atoms with Crippen LogP contribution in [0, 0.1) is 6.92 Å². The third-order valence-corrected chi connectivity index (χ3v) is 4.18. The number of carbonyl (C=O) groups is 2. The van der Waals surface area contributed by atoms with Gasteiger partial charge in [-0.15, -0.1) is 0 Å². The Morgan fingerprint density at radius 2 is 1.80 bits per heavy atom. The molecule has 1 saturated heterocycles. The number of rotatable bonds is 5. The molecule has 0 saturated carbocycles. The Hall–Kier alpha value is -2.96. The summed E-state index contributed by atoms with van der Waals surface area (Å²) in [5, 5.41) is 3.25. The van der Waals surface area contributed by atoms with Crippen molar-refractivity contribution in [1.82, 2.24) is 14.9 Å². The summed E-state index contributed by atoms with van der Waals surface area (Å²) in [6, 6.07) is 9.20. The number of benzene rings is 1. The number of nitrogens with zero attached hydrogens (tertiary/aromatic N) is 4. The van der Waals surface area contributed by atoms with Gasteiger partial charge in [-0.2, -0.15) is 0 Å². The third-order valence-electron chi connectivity index (χ3n) is 4.18. The van der Waals surface area contributed by atoms with Gasteiger partial charge in [0.1, 0.15) is 17.5 Å². The van der Waals surface area contributed by atoms with Crippen LogP contribution in [0.1, 0.15) is 23.1 Å². The second kappa shape index (κ2) is 7.29. The van der Waals surface area contributed by atoms with E-state index in [-0.39, 0.29) is 5.78 Å². The molecule has 0 bridgehead atoms. The smallest absolute Gasteiger partial charge is 0.209 e. The number of Topliss-reactive ketones (excluding diaryl/α,β-unsaturated/α-hetero) is 1. The van der Waals surface area contributed by atoms with E-state index in [4.69, 9.17) is 0 Å². The number of piperazine rings is 1. The Balaban J connectivity index is 1.75. The third kappa shape index (κ3) is 4.12. The van der Waals surface area contributed by atoms with Crippen LogP contribution in [0.2, 0.25) is 0 Å². The highest BCUT2D eigenvalue weighted by atomic mass is 16.1. The van der Waals surface area contributed by atoms with Crippen molar-refractivity contribution in [2.24, 2.45) is 0 Å². The van der Waals surface area contributed by atoms with E-state index in [1.807, 2.05) is 25.1 Å². The van der Waals surface area contributed by atoms with Crippen LogP contribution >= 0.6 is 0 Å². The Labute approximate surface area is 146 Å². The minimum absolute atomic E-state index is 0.0428. The highest BCUT2D eigenvalue weighted by Crippen LogP contribution is 2.21. The van der Waals surface area contributed by atoms with Gasteiger partial charge in [0, 0.05) is 43.5 Å². The maximum Gasteiger partial charge on any atom is 0.209 e. The first-order valence-corrected chi connectivity index (χ1v) is 8.23. The van der Waals surface area contributed by atoms with Gasteiger partial charge in [-0.25, -0.2) is 9.97 Å². The highest BCUT2D eigenvalue weighted by Gasteiger charge is 2.17. The normalized spacial score (nSPS) is 14.3. The van der Waals surface area contributed by atoms with Crippen molar-refractivity contribution in [1.29, 1.82) is 0 Å². The number of anilines is 3. The molecule has 2 heterocycles. The monoisotopic (exact) mass is 339 g/mol. The fourth-order valence-electron chi connectivity index (χ4n) is 2.77. The first kappa shape index (κ1) is 16.9. The van der Waals surface area contributed by atoms with Gasteiger partial charge in [0.15, 0.2) is 5.78 Å². The van der Waals surface area contributed by atoms with Gasteiger partial charge >= 0.3 is 0 Å². The largest absolute Gasteiger partial charge is 0.353 e. The fraction of sp³-hybridized carbons (Fsp3) is 0.333. The van der Waals surface area contributed by atoms with E-state index >= 15 is 0 Å². The molecule has 1 fully saturated rings. The average molecular weight is 339 g/mol. The molecule has 2 aromatic rings. The van der Waals surface area contributed by atoms with Crippen LogP contribution in [0.3, 0.4) is 0 Å². The minimum Gasteiger partial charge on any atom is -0.353 e. The Bertz CT molecular complexity index is 768. The summed E-state index contributed by atoms with van der Waals surface area (Å²) in [7, 11) is 0. The number of aryl methyl sites for hydroxylation is 1.